The summed E-state index contributed by atoms with van der Waals surface area (Å²) in [5.74, 6) is 1.21. The highest BCUT2D eigenvalue weighted by atomic mass is 32.1. The lowest BCUT2D eigenvalue weighted by Gasteiger charge is -2.21. The lowest BCUT2D eigenvalue weighted by molar-refractivity contribution is 0.0973. The van der Waals surface area contributed by atoms with E-state index in [1.807, 2.05) is 30.9 Å². The third kappa shape index (κ3) is 6.02. The zero-order valence-electron chi connectivity index (χ0n) is 13.9. The van der Waals surface area contributed by atoms with E-state index < -0.39 is 0 Å². The molecule has 0 bridgehead atoms. The first-order valence-corrected chi connectivity index (χ1v) is 8.21. The number of carbonyl (C=O) groups excluding carboxylic acids is 1. The van der Waals surface area contributed by atoms with Crippen molar-refractivity contribution in [3.63, 3.8) is 0 Å². The van der Waals surface area contributed by atoms with Crippen LogP contribution in [0.25, 0.3) is 0 Å². The molecule has 0 saturated carbocycles. The molecule has 4 nitrogen and oxygen atoms in total. The Morgan fingerprint density at radius 1 is 1.23 bits per heavy atom. The molecule has 0 saturated heterocycles. The minimum absolute atomic E-state index is 0.189. The van der Waals surface area contributed by atoms with Gasteiger partial charge >= 0.3 is 0 Å². The van der Waals surface area contributed by atoms with Gasteiger partial charge in [-0.1, -0.05) is 13.8 Å². The minimum Gasteiger partial charge on any atom is -0.494 e. The number of amides is 1. The zero-order valence-corrected chi connectivity index (χ0v) is 14.7. The number of thiocarbonyl (C=S) groups is 1. The highest BCUT2D eigenvalue weighted by Gasteiger charge is 2.11. The average molecular weight is 322 g/mol. The van der Waals surface area contributed by atoms with Gasteiger partial charge in [0.2, 0.25) is 0 Å². The predicted molar refractivity (Wildman–Crippen MR) is 94.4 cm³/mol. The van der Waals surface area contributed by atoms with Crippen LogP contribution < -0.4 is 10.1 Å². The summed E-state index contributed by atoms with van der Waals surface area (Å²) in [6.07, 6.45) is 1.01. The van der Waals surface area contributed by atoms with Crippen LogP contribution in [0.5, 0.6) is 5.75 Å². The summed E-state index contributed by atoms with van der Waals surface area (Å²) in [6, 6.07) is 7.14. The standard InChI is InChI=1S/C17H26N2O2S/c1-5-19(6-2)17(22)18-16(20)14-7-9-15(10-8-14)21-12-11-13(3)4/h7-10,13H,5-6,11-12H2,1-4H3,(H,18,20,22). The van der Waals surface area contributed by atoms with E-state index in [9.17, 15) is 4.79 Å². The number of ether oxygens (including phenoxy) is 1. The van der Waals surface area contributed by atoms with Crippen molar-refractivity contribution < 1.29 is 9.53 Å². The molecule has 0 spiro atoms. The van der Waals surface area contributed by atoms with Crippen LogP contribution in [-0.4, -0.2) is 35.6 Å². The molecule has 1 aromatic carbocycles. The normalized spacial score (nSPS) is 10.4. The predicted octanol–water partition coefficient (Wildman–Crippen LogP) is 3.47. The van der Waals surface area contributed by atoms with Crippen molar-refractivity contribution >= 4 is 23.2 Å². The lowest BCUT2D eigenvalue weighted by Crippen LogP contribution is -2.42. The molecule has 1 N–H and O–H groups in total. The number of hydrogen-bond donors (Lipinski definition) is 1. The maximum absolute atomic E-state index is 12.1. The largest absolute Gasteiger partial charge is 0.494 e. The fourth-order valence-corrected chi connectivity index (χ4v) is 2.23. The van der Waals surface area contributed by atoms with Crippen LogP contribution in [0, 0.1) is 5.92 Å². The minimum atomic E-state index is -0.189. The second-order valence-electron chi connectivity index (χ2n) is 5.49. The van der Waals surface area contributed by atoms with Crippen molar-refractivity contribution in [2.75, 3.05) is 19.7 Å². The fourth-order valence-electron chi connectivity index (χ4n) is 1.87. The number of benzene rings is 1. The monoisotopic (exact) mass is 322 g/mol. The number of rotatable bonds is 7. The molecule has 1 amide bonds. The molecule has 0 radical (unpaired) electrons. The smallest absolute Gasteiger partial charge is 0.257 e. The maximum atomic E-state index is 12.1. The van der Waals surface area contributed by atoms with E-state index in [2.05, 4.69) is 19.2 Å². The SMILES string of the molecule is CCN(CC)C(=S)NC(=O)c1ccc(OCCC(C)C)cc1. The van der Waals surface area contributed by atoms with Crippen molar-refractivity contribution in [3.8, 4) is 5.75 Å². The molecule has 0 fully saturated rings. The van der Waals surface area contributed by atoms with Gasteiger partial charge in [-0.3, -0.25) is 10.1 Å². The zero-order chi connectivity index (χ0) is 16.5. The van der Waals surface area contributed by atoms with Crippen LogP contribution >= 0.6 is 12.2 Å². The molecule has 5 heteroatoms. The molecule has 0 heterocycles. The number of hydrogen-bond acceptors (Lipinski definition) is 3. The summed E-state index contributed by atoms with van der Waals surface area (Å²) < 4.78 is 5.64. The highest BCUT2D eigenvalue weighted by Crippen LogP contribution is 2.13. The summed E-state index contributed by atoms with van der Waals surface area (Å²) in [4.78, 5) is 14.1. The molecule has 0 aliphatic carbocycles. The summed E-state index contributed by atoms with van der Waals surface area (Å²) in [5, 5.41) is 3.22. The lowest BCUT2D eigenvalue weighted by atomic mass is 10.1. The van der Waals surface area contributed by atoms with Gasteiger partial charge in [-0.15, -0.1) is 0 Å². The van der Waals surface area contributed by atoms with Gasteiger partial charge in [0, 0.05) is 18.7 Å². The second kappa shape index (κ2) is 9.41. The Kier molecular flexibility index (Phi) is 7.88. The van der Waals surface area contributed by atoms with Gasteiger partial charge in [0.1, 0.15) is 5.75 Å². The van der Waals surface area contributed by atoms with Crippen LogP contribution in [0.15, 0.2) is 24.3 Å². The van der Waals surface area contributed by atoms with Crippen LogP contribution in [0.2, 0.25) is 0 Å². The Labute approximate surface area is 138 Å². The van der Waals surface area contributed by atoms with Crippen molar-refractivity contribution in [1.82, 2.24) is 10.2 Å². The average Bonchev–Trinajstić information content (AvgIpc) is 2.48. The van der Waals surface area contributed by atoms with Crippen molar-refractivity contribution in [3.05, 3.63) is 29.8 Å². The summed E-state index contributed by atoms with van der Waals surface area (Å²) >= 11 is 5.23. The van der Waals surface area contributed by atoms with Gasteiger partial charge in [-0.25, -0.2) is 0 Å². The first-order valence-electron chi connectivity index (χ1n) is 7.81. The summed E-state index contributed by atoms with van der Waals surface area (Å²) in [5.41, 5.74) is 0.575. The Bertz CT molecular complexity index is 482. The Balaban J connectivity index is 2.55. The number of carbonyl (C=O) groups is 1. The van der Waals surface area contributed by atoms with Crippen LogP contribution in [-0.2, 0) is 0 Å². The van der Waals surface area contributed by atoms with Gasteiger partial charge in [0.25, 0.3) is 5.91 Å². The highest BCUT2D eigenvalue weighted by molar-refractivity contribution is 7.80. The third-order valence-corrected chi connectivity index (χ3v) is 3.71. The van der Waals surface area contributed by atoms with Crippen LogP contribution in [0.4, 0.5) is 0 Å². The number of nitrogens with zero attached hydrogens (tertiary/aromatic N) is 1. The number of nitrogens with one attached hydrogen (secondary N) is 1. The van der Waals surface area contributed by atoms with Crippen LogP contribution in [0.3, 0.4) is 0 Å². The van der Waals surface area contributed by atoms with Crippen molar-refractivity contribution in [1.29, 1.82) is 0 Å². The second-order valence-corrected chi connectivity index (χ2v) is 5.87. The van der Waals surface area contributed by atoms with Gasteiger partial charge in [-0.2, -0.15) is 0 Å². The Morgan fingerprint density at radius 2 is 1.82 bits per heavy atom. The quantitative estimate of drug-likeness (QED) is 0.781. The maximum Gasteiger partial charge on any atom is 0.257 e. The van der Waals surface area contributed by atoms with Gasteiger partial charge < -0.3 is 9.64 Å². The third-order valence-electron chi connectivity index (χ3n) is 3.35. The van der Waals surface area contributed by atoms with Gasteiger partial charge in [0.15, 0.2) is 5.11 Å². The van der Waals surface area contributed by atoms with Gasteiger partial charge in [-0.05, 0) is 62.7 Å². The molecule has 122 valence electrons. The molecule has 22 heavy (non-hydrogen) atoms. The van der Waals surface area contributed by atoms with E-state index in [0.29, 0.717) is 23.2 Å². The summed E-state index contributed by atoms with van der Waals surface area (Å²) in [6.45, 7) is 10.6. The Morgan fingerprint density at radius 3 is 2.32 bits per heavy atom. The van der Waals surface area contributed by atoms with Crippen molar-refractivity contribution in [2.24, 2.45) is 5.92 Å². The van der Waals surface area contributed by atoms with Crippen LogP contribution in [0.1, 0.15) is 44.5 Å². The topological polar surface area (TPSA) is 41.6 Å². The molecular formula is C17H26N2O2S. The Hall–Kier alpha value is -1.62. The van der Waals surface area contributed by atoms with E-state index in [0.717, 1.165) is 25.3 Å². The first kappa shape index (κ1) is 18.4. The molecule has 0 unspecified atom stereocenters. The molecule has 0 aromatic heterocycles. The van der Waals surface area contributed by atoms with E-state index in [1.54, 1.807) is 12.1 Å². The molecule has 1 aromatic rings. The molecule has 0 aliphatic heterocycles. The summed E-state index contributed by atoms with van der Waals surface area (Å²) in [7, 11) is 0. The van der Waals surface area contributed by atoms with E-state index in [-0.39, 0.29) is 5.91 Å². The molecule has 1 rings (SSSR count). The molecule has 0 aliphatic rings. The van der Waals surface area contributed by atoms with E-state index in [4.69, 9.17) is 17.0 Å². The van der Waals surface area contributed by atoms with E-state index >= 15 is 0 Å². The van der Waals surface area contributed by atoms with Gasteiger partial charge in [0.05, 0.1) is 6.61 Å². The molecular weight excluding hydrogens is 296 g/mol. The first-order chi connectivity index (χ1) is 10.5. The fraction of sp³-hybridized carbons (Fsp3) is 0.529. The van der Waals surface area contributed by atoms with Crippen molar-refractivity contribution in [2.45, 2.75) is 34.1 Å². The molecule has 0 atom stereocenters. The van der Waals surface area contributed by atoms with E-state index in [1.165, 1.54) is 0 Å².